The van der Waals surface area contributed by atoms with Crippen molar-refractivity contribution in [1.29, 1.82) is 0 Å². The van der Waals surface area contributed by atoms with Crippen molar-refractivity contribution < 1.29 is 4.79 Å². The van der Waals surface area contributed by atoms with Crippen molar-refractivity contribution in [2.45, 2.75) is 39.5 Å². The maximum atomic E-state index is 12.5. The number of aryl methyl sites for hydroxylation is 2. The molecule has 19 heavy (non-hydrogen) atoms. The van der Waals surface area contributed by atoms with Crippen LogP contribution in [0.3, 0.4) is 0 Å². The van der Waals surface area contributed by atoms with Crippen molar-refractivity contribution in [3.05, 3.63) is 51.5 Å². The fraction of sp³-hybridized carbons (Fsp3) is 0.375. The third kappa shape index (κ3) is 2.92. The summed E-state index contributed by atoms with van der Waals surface area (Å²) < 4.78 is 0. The van der Waals surface area contributed by atoms with Crippen molar-refractivity contribution in [2.75, 3.05) is 0 Å². The summed E-state index contributed by atoms with van der Waals surface area (Å²) in [6, 6.07) is 9.94. The molecule has 0 radical (unpaired) electrons. The Labute approximate surface area is 118 Å². The number of hydrogen-bond acceptors (Lipinski definition) is 3. The Kier molecular flexibility index (Phi) is 3.85. The molecule has 0 aliphatic rings. The summed E-state index contributed by atoms with van der Waals surface area (Å²) in [4.78, 5) is 18.2. The Bertz CT molecular complexity index is 565. The average molecular weight is 273 g/mol. The van der Waals surface area contributed by atoms with Crippen molar-refractivity contribution >= 4 is 17.1 Å². The molecular weight excluding hydrogens is 254 g/mol. The van der Waals surface area contributed by atoms with Gasteiger partial charge < -0.3 is 0 Å². The van der Waals surface area contributed by atoms with Gasteiger partial charge in [-0.05, 0) is 33.3 Å². The van der Waals surface area contributed by atoms with Crippen LogP contribution in [0.1, 0.15) is 35.0 Å². The Hall–Kier alpha value is -1.48. The van der Waals surface area contributed by atoms with Gasteiger partial charge in [-0.25, -0.2) is 4.98 Å². The quantitative estimate of drug-likeness (QED) is 0.847. The fourth-order valence-electron chi connectivity index (χ4n) is 1.99. The van der Waals surface area contributed by atoms with Crippen LogP contribution in [0.5, 0.6) is 0 Å². The first kappa shape index (κ1) is 13.9. The fourth-order valence-corrected chi connectivity index (χ4v) is 2.92. The molecule has 100 valence electrons. The van der Waals surface area contributed by atoms with E-state index >= 15 is 0 Å². The number of benzene rings is 1. The van der Waals surface area contributed by atoms with Gasteiger partial charge in [0.2, 0.25) is 0 Å². The van der Waals surface area contributed by atoms with E-state index in [4.69, 9.17) is 0 Å². The highest BCUT2D eigenvalue weighted by atomic mass is 32.1. The normalized spacial score (nSPS) is 11.6. The lowest BCUT2D eigenvalue weighted by Crippen LogP contribution is -2.30. The van der Waals surface area contributed by atoms with E-state index in [1.165, 1.54) is 4.88 Å². The van der Waals surface area contributed by atoms with Gasteiger partial charge in [0, 0.05) is 10.3 Å². The molecule has 0 amide bonds. The zero-order valence-electron chi connectivity index (χ0n) is 11.9. The van der Waals surface area contributed by atoms with Gasteiger partial charge in [-0.3, -0.25) is 4.79 Å². The number of carbonyl (C=O) groups excluding carboxylic acids is 1. The molecule has 2 nitrogen and oxygen atoms in total. The summed E-state index contributed by atoms with van der Waals surface area (Å²) >= 11 is 1.62. The summed E-state index contributed by atoms with van der Waals surface area (Å²) in [7, 11) is 0. The van der Waals surface area contributed by atoms with Crippen LogP contribution in [0.15, 0.2) is 30.3 Å². The molecule has 2 aromatic rings. The highest BCUT2D eigenvalue weighted by Gasteiger charge is 2.29. The van der Waals surface area contributed by atoms with Gasteiger partial charge >= 0.3 is 0 Å². The van der Waals surface area contributed by atoms with Gasteiger partial charge in [0.25, 0.3) is 0 Å². The molecule has 3 heteroatoms. The number of ketones is 1. The lowest BCUT2D eigenvalue weighted by molar-refractivity contribution is -0.122. The molecule has 0 aliphatic carbocycles. The second kappa shape index (κ2) is 5.25. The Morgan fingerprint density at radius 1 is 1.21 bits per heavy atom. The van der Waals surface area contributed by atoms with Gasteiger partial charge in [-0.1, -0.05) is 30.3 Å². The summed E-state index contributed by atoms with van der Waals surface area (Å²) in [6.07, 6.45) is 0.418. The molecule has 0 fully saturated rings. The topological polar surface area (TPSA) is 30.0 Å². The SMILES string of the molecule is Cc1nc(CC(=O)C(C)(C)c2ccccc2)sc1C. The minimum absolute atomic E-state index is 0.215. The summed E-state index contributed by atoms with van der Waals surface area (Å²) in [6.45, 7) is 8.00. The Morgan fingerprint density at radius 2 is 1.84 bits per heavy atom. The number of thiazole rings is 1. The first-order chi connectivity index (χ1) is 8.91. The van der Waals surface area contributed by atoms with Crippen LogP contribution < -0.4 is 0 Å². The minimum atomic E-state index is -0.464. The number of hydrogen-bond donors (Lipinski definition) is 0. The van der Waals surface area contributed by atoms with Gasteiger partial charge in [-0.15, -0.1) is 11.3 Å². The van der Waals surface area contributed by atoms with E-state index in [0.29, 0.717) is 6.42 Å². The largest absolute Gasteiger partial charge is 0.298 e. The zero-order chi connectivity index (χ0) is 14.0. The molecule has 1 aromatic carbocycles. The van der Waals surface area contributed by atoms with Crippen LogP contribution in [-0.2, 0) is 16.6 Å². The summed E-state index contributed by atoms with van der Waals surface area (Å²) in [5.41, 5.74) is 1.63. The maximum Gasteiger partial charge on any atom is 0.149 e. The van der Waals surface area contributed by atoms with E-state index in [9.17, 15) is 4.79 Å². The molecule has 0 bridgehead atoms. The van der Waals surface area contributed by atoms with Crippen molar-refractivity contribution in [3.8, 4) is 0 Å². The number of nitrogens with zero attached hydrogens (tertiary/aromatic N) is 1. The zero-order valence-corrected chi connectivity index (χ0v) is 12.7. The van der Waals surface area contributed by atoms with Gasteiger partial charge in [0.15, 0.2) is 0 Å². The third-order valence-electron chi connectivity index (χ3n) is 3.58. The van der Waals surface area contributed by atoms with Crippen molar-refractivity contribution in [1.82, 2.24) is 4.98 Å². The third-order valence-corrected chi connectivity index (χ3v) is 4.65. The first-order valence-corrected chi connectivity index (χ1v) is 7.24. The monoisotopic (exact) mass is 273 g/mol. The summed E-state index contributed by atoms with van der Waals surface area (Å²) in [5.74, 6) is 0.215. The predicted octanol–water partition coefficient (Wildman–Crippen LogP) is 3.85. The van der Waals surface area contributed by atoms with Gasteiger partial charge in [0.1, 0.15) is 10.8 Å². The van der Waals surface area contributed by atoms with Crippen LogP contribution in [0.25, 0.3) is 0 Å². The highest BCUT2D eigenvalue weighted by molar-refractivity contribution is 7.11. The number of carbonyl (C=O) groups is 1. The molecule has 1 aromatic heterocycles. The second-order valence-electron chi connectivity index (χ2n) is 5.34. The van der Waals surface area contributed by atoms with Crippen molar-refractivity contribution in [3.63, 3.8) is 0 Å². The second-order valence-corrected chi connectivity index (χ2v) is 6.63. The molecule has 0 saturated carbocycles. The Balaban J connectivity index is 2.19. The van der Waals surface area contributed by atoms with E-state index in [1.54, 1.807) is 11.3 Å². The van der Waals surface area contributed by atoms with Crippen LogP contribution in [0, 0.1) is 13.8 Å². The standard InChI is InChI=1S/C16H19NOS/c1-11-12(2)19-15(17-11)10-14(18)16(3,4)13-8-6-5-7-9-13/h5-9H,10H2,1-4H3. The summed E-state index contributed by atoms with van der Waals surface area (Å²) in [5, 5.41) is 0.920. The molecular formula is C16H19NOS. The maximum absolute atomic E-state index is 12.5. The van der Waals surface area contributed by atoms with E-state index in [0.717, 1.165) is 16.3 Å². The average Bonchev–Trinajstić information content (AvgIpc) is 2.69. The van der Waals surface area contributed by atoms with Crippen molar-refractivity contribution in [2.24, 2.45) is 0 Å². The molecule has 0 aliphatic heterocycles. The molecule has 0 spiro atoms. The van der Waals surface area contributed by atoms with Crippen LogP contribution in [-0.4, -0.2) is 10.8 Å². The minimum Gasteiger partial charge on any atom is -0.298 e. The molecule has 0 N–H and O–H groups in total. The van der Waals surface area contributed by atoms with Crippen LogP contribution in [0.2, 0.25) is 0 Å². The van der Waals surface area contributed by atoms with Gasteiger partial charge in [0.05, 0.1) is 12.1 Å². The number of aromatic nitrogens is 1. The lowest BCUT2D eigenvalue weighted by atomic mass is 9.79. The number of rotatable bonds is 4. The van der Waals surface area contributed by atoms with Crippen LogP contribution in [0.4, 0.5) is 0 Å². The lowest BCUT2D eigenvalue weighted by Gasteiger charge is -2.23. The van der Waals surface area contributed by atoms with Crippen LogP contribution >= 0.6 is 11.3 Å². The van der Waals surface area contributed by atoms with E-state index in [1.807, 2.05) is 58.0 Å². The predicted molar refractivity (Wildman–Crippen MR) is 79.8 cm³/mol. The Morgan fingerprint density at radius 3 is 2.37 bits per heavy atom. The molecule has 0 saturated heterocycles. The van der Waals surface area contributed by atoms with E-state index in [2.05, 4.69) is 4.98 Å². The molecule has 0 atom stereocenters. The first-order valence-electron chi connectivity index (χ1n) is 6.43. The smallest absolute Gasteiger partial charge is 0.149 e. The molecule has 1 heterocycles. The molecule has 2 rings (SSSR count). The van der Waals surface area contributed by atoms with E-state index < -0.39 is 5.41 Å². The van der Waals surface area contributed by atoms with Gasteiger partial charge in [-0.2, -0.15) is 0 Å². The highest BCUT2D eigenvalue weighted by Crippen LogP contribution is 2.27. The molecule has 0 unspecified atom stereocenters. The van der Waals surface area contributed by atoms with E-state index in [-0.39, 0.29) is 5.78 Å². The number of Topliss-reactive ketones (excluding diaryl/α,β-unsaturated/α-hetero) is 1.